The number of hydrogen-bond acceptors (Lipinski definition) is 4. The highest BCUT2D eigenvalue weighted by atomic mass is 15.3. The minimum Gasteiger partial charge on any atom is -0.353 e. The summed E-state index contributed by atoms with van der Waals surface area (Å²) in [5, 5.41) is 8.69. The minimum atomic E-state index is 0.0770. The molecule has 1 aromatic heterocycles. The number of anilines is 1. The maximum atomic E-state index is 4.35. The molecule has 2 rings (SSSR count). The van der Waals surface area contributed by atoms with Crippen LogP contribution in [0.1, 0.15) is 26.5 Å². The standard InChI is InChI=1S/C13H22N4/c1-13(2,3)11-5-6-12(15-14-11)17-9-7-16(4)8-10-17/h5-6H,7-10H2,1-4H3. The topological polar surface area (TPSA) is 32.3 Å². The molecular weight excluding hydrogens is 212 g/mol. The van der Waals surface area contributed by atoms with Crippen LogP contribution in [0.4, 0.5) is 5.82 Å². The monoisotopic (exact) mass is 234 g/mol. The zero-order valence-electron chi connectivity index (χ0n) is 11.3. The maximum Gasteiger partial charge on any atom is 0.151 e. The van der Waals surface area contributed by atoms with E-state index < -0.39 is 0 Å². The summed E-state index contributed by atoms with van der Waals surface area (Å²) in [5.74, 6) is 1.01. The van der Waals surface area contributed by atoms with E-state index in [9.17, 15) is 0 Å². The molecule has 0 bridgehead atoms. The number of rotatable bonds is 1. The third-order valence-corrected chi connectivity index (χ3v) is 3.25. The van der Waals surface area contributed by atoms with E-state index in [4.69, 9.17) is 0 Å². The highest BCUT2D eigenvalue weighted by Gasteiger charge is 2.18. The van der Waals surface area contributed by atoms with Crippen LogP contribution in [0.5, 0.6) is 0 Å². The largest absolute Gasteiger partial charge is 0.353 e. The first-order valence-electron chi connectivity index (χ1n) is 6.24. The van der Waals surface area contributed by atoms with Crippen LogP contribution in [0.15, 0.2) is 12.1 Å². The summed E-state index contributed by atoms with van der Waals surface area (Å²) in [7, 11) is 2.16. The van der Waals surface area contributed by atoms with Crippen LogP contribution in [-0.2, 0) is 5.41 Å². The average molecular weight is 234 g/mol. The minimum absolute atomic E-state index is 0.0770. The van der Waals surface area contributed by atoms with Crippen LogP contribution in [0.25, 0.3) is 0 Å². The lowest BCUT2D eigenvalue weighted by atomic mass is 9.92. The summed E-state index contributed by atoms with van der Waals surface area (Å²) in [6.45, 7) is 10.8. The van der Waals surface area contributed by atoms with E-state index in [1.807, 2.05) is 0 Å². The Hall–Kier alpha value is -1.16. The van der Waals surface area contributed by atoms with Gasteiger partial charge in [0.25, 0.3) is 0 Å². The van der Waals surface area contributed by atoms with E-state index in [-0.39, 0.29) is 5.41 Å². The van der Waals surface area contributed by atoms with Crippen molar-refractivity contribution in [1.82, 2.24) is 15.1 Å². The fourth-order valence-corrected chi connectivity index (χ4v) is 1.93. The lowest BCUT2D eigenvalue weighted by molar-refractivity contribution is 0.311. The van der Waals surface area contributed by atoms with Crippen molar-refractivity contribution in [3.63, 3.8) is 0 Å². The molecule has 0 aromatic carbocycles. The van der Waals surface area contributed by atoms with Crippen molar-refractivity contribution >= 4 is 5.82 Å². The van der Waals surface area contributed by atoms with Gasteiger partial charge in [0, 0.05) is 31.6 Å². The van der Waals surface area contributed by atoms with Crippen LogP contribution in [-0.4, -0.2) is 48.3 Å². The summed E-state index contributed by atoms with van der Waals surface area (Å²) < 4.78 is 0. The summed E-state index contributed by atoms with van der Waals surface area (Å²) in [6, 6.07) is 4.19. The Morgan fingerprint density at radius 3 is 2.12 bits per heavy atom. The molecule has 0 saturated carbocycles. The molecule has 1 fully saturated rings. The molecule has 0 amide bonds. The van der Waals surface area contributed by atoms with Gasteiger partial charge >= 0.3 is 0 Å². The molecule has 1 saturated heterocycles. The maximum absolute atomic E-state index is 4.35. The van der Waals surface area contributed by atoms with Crippen molar-refractivity contribution in [2.24, 2.45) is 0 Å². The van der Waals surface area contributed by atoms with Gasteiger partial charge in [-0.25, -0.2) is 0 Å². The zero-order chi connectivity index (χ0) is 12.5. The number of aromatic nitrogens is 2. The SMILES string of the molecule is CN1CCN(c2ccc(C(C)(C)C)nn2)CC1. The molecular formula is C13H22N4. The Morgan fingerprint density at radius 1 is 1.00 bits per heavy atom. The molecule has 0 radical (unpaired) electrons. The van der Waals surface area contributed by atoms with Crippen molar-refractivity contribution < 1.29 is 0 Å². The molecule has 4 nitrogen and oxygen atoms in total. The second kappa shape index (κ2) is 4.61. The molecule has 0 N–H and O–H groups in total. The van der Waals surface area contributed by atoms with Crippen molar-refractivity contribution in [1.29, 1.82) is 0 Å². The van der Waals surface area contributed by atoms with Gasteiger partial charge in [-0.1, -0.05) is 20.8 Å². The zero-order valence-corrected chi connectivity index (χ0v) is 11.3. The van der Waals surface area contributed by atoms with Crippen LogP contribution in [0.3, 0.4) is 0 Å². The van der Waals surface area contributed by atoms with Crippen LogP contribution in [0, 0.1) is 0 Å². The van der Waals surface area contributed by atoms with Gasteiger partial charge in [0.15, 0.2) is 5.82 Å². The molecule has 4 heteroatoms. The summed E-state index contributed by atoms with van der Waals surface area (Å²) in [5.41, 5.74) is 1.13. The summed E-state index contributed by atoms with van der Waals surface area (Å²) >= 11 is 0. The Balaban J connectivity index is 2.08. The quantitative estimate of drug-likeness (QED) is 0.737. The lowest BCUT2D eigenvalue weighted by Crippen LogP contribution is -2.44. The second-order valence-electron chi connectivity index (χ2n) is 5.82. The number of likely N-dealkylation sites (N-methyl/N-ethyl adjacent to an activating group) is 1. The van der Waals surface area contributed by atoms with Gasteiger partial charge in [0.1, 0.15) is 0 Å². The molecule has 0 atom stereocenters. The Labute approximate surface area is 104 Å². The fraction of sp³-hybridized carbons (Fsp3) is 0.692. The fourth-order valence-electron chi connectivity index (χ4n) is 1.93. The molecule has 1 aliphatic rings. The third-order valence-electron chi connectivity index (χ3n) is 3.25. The van der Waals surface area contributed by atoms with Gasteiger partial charge in [-0.15, -0.1) is 5.10 Å². The Morgan fingerprint density at radius 2 is 1.65 bits per heavy atom. The van der Waals surface area contributed by atoms with Gasteiger partial charge < -0.3 is 9.80 Å². The van der Waals surface area contributed by atoms with E-state index >= 15 is 0 Å². The summed E-state index contributed by atoms with van der Waals surface area (Å²) in [4.78, 5) is 4.65. The number of piperazine rings is 1. The van der Waals surface area contributed by atoms with E-state index in [1.54, 1.807) is 0 Å². The van der Waals surface area contributed by atoms with Crippen molar-refractivity contribution in [2.75, 3.05) is 38.1 Å². The lowest BCUT2D eigenvalue weighted by Gasteiger charge is -2.33. The van der Waals surface area contributed by atoms with E-state index in [2.05, 4.69) is 59.9 Å². The highest BCUT2D eigenvalue weighted by molar-refractivity contribution is 5.38. The first kappa shape index (κ1) is 12.3. The molecule has 17 heavy (non-hydrogen) atoms. The van der Waals surface area contributed by atoms with Gasteiger partial charge in [-0.3, -0.25) is 0 Å². The van der Waals surface area contributed by atoms with Gasteiger partial charge in [0.05, 0.1) is 5.69 Å². The van der Waals surface area contributed by atoms with Gasteiger partial charge in [-0.2, -0.15) is 5.10 Å². The van der Waals surface area contributed by atoms with Crippen molar-refractivity contribution in [2.45, 2.75) is 26.2 Å². The molecule has 94 valence electrons. The van der Waals surface area contributed by atoms with E-state index in [0.29, 0.717) is 0 Å². The number of nitrogens with zero attached hydrogens (tertiary/aromatic N) is 4. The third kappa shape index (κ3) is 2.94. The number of hydrogen-bond donors (Lipinski definition) is 0. The van der Waals surface area contributed by atoms with Crippen LogP contribution in [0.2, 0.25) is 0 Å². The van der Waals surface area contributed by atoms with Crippen molar-refractivity contribution in [3.05, 3.63) is 17.8 Å². The summed E-state index contributed by atoms with van der Waals surface area (Å²) in [6.07, 6.45) is 0. The molecule has 0 unspecified atom stereocenters. The molecule has 1 aromatic rings. The molecule has 1 aliphatic heterocycles. The first-order chi connectivity index (χ1) is 7.97. The van der Waals surface area contributed by atoms with Crippen LogP contribution >= 0.6 is 0 Å². The second-order valence-corrected chi connectivity index (χ2v) is 5.82. The first-order valence-corrected chi connectivity index (χ1v) is 6.24. The molecule has 0 spiro atoms. The van der Waals surface area contributed by atoms with Gasteiger partial charge in [0.2, 0.25) is 0 Å². The van der Waals surface area contributed by atoms with Gasteiger partial charge in [-0.05, 0) is 19.2 Å². The average Bonchev–Trinajstić information content (AvgIpc) is 2.29. The smallest absolute Gasteiger partial charge is 0.151 e. The van der Waals surface area contributed by atoms with Crippen LogP contribution < -0.4 is 4.90 Å². The van der Waals surface area contributed by atoms with E-state index in [0.717, 1.165) is 37.7 Å². The predicted molar refractivity (Wildman–Crippen MR) is 70.4 cm³/mol. The molecule has 0 aliphatic carbocycles. The van der Waals surface area contributed by atoms with Crippen molar-refractivity contribution in [3.8, 4) is 0 Å². The predicted octanol–water partition coefficient (Wildman–Crippen LogP) is 1.53. The van der Waals surface area contributed by atoms with E-state index in [1.165, 1.54) is 0 Å². The highest BCUT2D eigenvalue weighted by Crippen LogP contribution is 2.21. The Bertz CT molecular complexity index is 358. The normalized spacial score (nSPS) is 18.5. The molecule has 2 heterocycles. The Kier molecular flexibility index (Phi) is 3.33.